The topological polar surface area (TPSA) is 112 Å². The smallest absolute Gasteiger partial charge is 0.328 e. The Labute approximate surface area is 154 Å². The first-order chi connectivity index (χ1) is 12.9. The number of carbonyl (C=O) groups excluding carboxylic acids is 1. The number of carboxylic acids is 1. The summed E-state index contributed by atoms with van der Waals surface area (Å²) >= 11 is 0. The highest BCUT2D eigenvalue weighted by Gasteiger charge is 2.49. The molecule has 2 heterocycles. The lowest BCUT2D eigenvalue weighted by Gasteiger charge is -2.24. The number of amides is 1. The van der Waals surface area contributed by atoms with Crippen LogP contribution >= 0.6 is 0 Å². The summed E-state index contributed by atoms with van der Waals surface area (Å²) in [6.07, 6.45) is 2.77. The quantitative estimate of drug-likeness (QED) is 0.837. The summed E-state index contributed by atoms with van der Waals surface area (Å²) in [5.41, 5.74) is -0.377. The van der Waals surface area contributed by atoms with Gasteiger partial charge in [-0.15, -0.1) is 0 Å². The molecule has 0 radical (unpaired) electrons. The highest BCUT2D eigenvalue weighted by molar-refractivity contribution is 5.99. The van der Waals surface area contributed by atoms with E-state index in [2.05, 4.69) is 4.98 Å². The van der Waals surface area contributed by atoms with Gasteiger partial charge in [-0.2, -0.15) is 0 Å². The largest absolute Gasteiger partial charge is 0.480 e. The van der Waals surface area contributed by atoms with E-state index in [4.69, 9.17) is 0 Å². The van der Waals surface area contributed by atoms with Crippen LogP contribution in [0.3, 0.4) is 0 Å². The van der Waals surface area contributed by atoms with Crippen molar-refractivity contribution < 1.29 is 14.7 Å². The Hall–Kier alpha value is -2.90. The van der Waals surface area contributed by atoms with Gasteiger partial charge in [0.1, 0.15) is 6.04 Å². The van der Waals surface area contributed by atoms with Gasteiger partial charge in [-0.25, -0.2) is 9.59 Å². The van der Waals surface area contributed by atoms with E-state index >= 15 is 0 Å². The fraction of sp³-hybridized carbons (Fsp3) is 0.474. The summed E-state index contributed by atoms with van der Waals surface area (Å²) in [7, 11) is 0. The molecule has 8 nitrogen and oxygen atoms in total. The first-order valence-electron chi connectivity index (χ1n) is 9.23. The fourth-order valence-electron chi connectivity index (χ4n) is 4.67. The van der Waals surface area contributed by atoms with Gasteiger partial charge in [0.05, 0.1) is 10.9 Å². The third-order valence-electron chi connectivity index (χ3n) is 5.95. The second-order valence-corrected chi connectivity index (χ2v) is 7.34. The Balaban J connectivity index is 1.74. The van der Waals surface area contributed by atoms with Crippen LogP contribution in [0.5, 0.6) is 0 Å². The Bertz CT molecular complexity index is 1050. The number of H-pyrrole nitrogens is 1. The summed E-state index contributed by atoms with van der Waals surface area (Å²) in [4.78, 5) is 53.3. The van der Waals surface area contributed by atoms with Gasteiger partial charge >= 0.3 is 11.7 Å². The van der Waals surface area contributed by atoms with Crippen LogP contribution in [-0.2, 0) is 11.3 Å². The van der Waals surface area contributed by atoms with Crippen molar-refractivity contribution in [1.29, 1.82) is 0 Å². The summed E-state index contributed by atoms with van der Waals surface area (Å²) < 4.78 is 1.09. The normalized spacial score (nSPS) is 24.3. The number of carboxylic acid groups (broad SMARTS) is 1. The predicted molar refractivity (Wildman–Crippen MR) is 97.8 cm³/mol. The van der Waals surface area contributed by atoms with E-state index in [1.165, 1.54) is 23.1 Å². The number of likely N-dealkylation sites (tertiary alicyclic amines) is 1. The number of aliphatic carboxylic acids is 1. The van der Waals surface area contributed by atoms with Crippen LogP contribution in [0.2, 0.25) is 0 Å². The minimum Gasteiger partial charge on any atom is -0.480 e. The van der Waals surface area contributed by atoms with Crippen LogP contribution in [0.15, 0.2) is 27.8 Å². The maximum Gasteiger partial charge on any atom is 0.328 e. The third kappa shape index (κ3) is 2.67. The molecule has 142 valence electrons. The maximum atomic E-state index is 13.0. The van der Waals surface area contributed by atoms with Gasteiger partial charge in [0.15, 0.2) is 0 Å². The van der Waals surface area contributed by atoms with Crippen LogP contribution in [-0.4, -0.2) is 44.0 Å². The second-order valence-electron chi connectivity index (χ2n) is 7.34. The monoisotopic (exact) mass is 371 g/mol. The number of nitrogens with zero attached hydrogens (tertiary/aromatic N) is 2. The minimum atomic E-state index is -0.974. The molecule has 0 bridgehead atoms. The molecule has 2 aromatic rings. The molecule has 4 rings (SSSR count). The van der Waals surface area contributed by atoms with E-state index in [9.17, 15) is 24.3 Å². The van der Waals surface area contributed by atoms with Crippen molar-refractivity contribution in [2.45, 2.75) is 38.8 Å². The SMILES string of the molecule is CCn1c(=O)[nH]c2cc(C(=O)N3CC4CCCC4C3C(=O)O)ccc2c1=O. The molecule has 1 amide bonds. The number of fused-ring (bicyclic) bond motifs is 2. The molecular weight excluding hydrogens is 350 g/mol. The van der Waals surface area contributed by atoms with Crippen molar-refractivity contribution in [3.8, 4) is 0 Å². The van der Waals surface area contributed by atoms with Gasteiger partial charge in [0.2, 0.25) is 0 Å². The lowest BCUT2D eigenvalue weighted by Crippen LogP contribution is -2.43. The van der Waals surface area contributed by atoms with Crippen LogP contribution in [0.25, 0.3) is 10.9 Å². The zero-order valence-corrected chi connectivity index (χ0v) is 15.0. The van der Waals surface area contributed by atoms with Gasteiger partial charge in [0.25, 0.3) is 11.5 Å². The molecule has 27 heavy (non-hydrogen) atoms. The first kappa shape index (κ1) is 17.5. The molecule has 1 aliphatic carbocycles. The van der Waals surface area contributed by atoms with Crippen molar-refractivity contribution in [1.82, 2.24) is 14.5 Å². The first-order valence-corrected chi connectivity index (χ1v) is 9.23. The fourth-order valence-corrected chi connectivity index (χ4v) is 4.67. The van der Waals surface area contributed by atoms with Gasteiger partial charge < -0.3 is 15.0 Å². The van der Waals surface area contributed by atoms with E-state index in [1.807, 2.05) is 0 Å². The van der Waals surface area contributed by atoms with Crippen molar-refractivity contribution in [2.24, 2.45) is 11.8 Å². The highest BCUT2D eigenvalue weighted by Crippen LogP contribution is 2.42. The van der Waals surface area contributed by atoms with E-state index in [0.717, 1.165) is 23.8 Å². The van der Waals surface area contributed by atoms with Crippen molar-refractivity contribution >= 4 is 22.8 Å². The number of benzene rings is 1. The highest BCUT2D eigenvalue weighted by atomic mass is 16.4. The average Bonchev–Trinajstić information content (AvgIpc) is 3.21. The summed E-state index contributed by atoms with van der Waals surface area (Å²) in [6, 6.07) is 3.69. The molecule has 1 aromatic heterocycles. The standard InChI is InChI=1S/C19H21N3O5/c1-2-21-17(24)13-7-6-10(8-14(13)20-19(21)27)16(23)22-9-11-4-3-5-12(11)15(22)18(25)26/h6-8,11-12,15H,2-5,9H2,1H3,(H,20,27)(H,25,26). The van der Waals surface area contributed by atoms with Crippen LogP contribution in [0, 0.1) is 11.8 Å². The van der Waals surface area contributed by atoms with E-state index in [1.54, 1.807) is 6.92 Å². The molecular formula is C19H21N3O5. The summed E-state index contributed by atoms with van der Waals surface area (Å²) in [5.74, 6) is -1.12. The molecule has 3 atom stereocenters. The lowest BCUT2D eigenvalue weighted by atomic mass is 9.94. The van der Waals surface area contributed by atoms with Gasteiger partial charge in [-0.1, -0.05) is 6.42 Å². The molecule has 2 N–H and O–H groups in total. The third-order valence-corrected chi connectivity index (χ3v) is 5.95. The van der Waals surface area contributed by atoms with Crippen LogP contribution < -0.4 is 11.2 Å². The zero-order chi connectivity index (χ0) is 19.3. The summed E-state index contributed by atoms with van der Waals surface area (Å²) in [5, 5.41) is 9.96. The van der Waals surface area contributed by atoms with Crippen molar-refractivity contribution in [3.05, 3.63) is 44.6 Å². The van der Waals surface area contributed by atoms with E-state index in [-0.39, 0.29) is 35.4 Å². The zero-order valence-electron chi connectivity index (χ0n) is 15.0. The van der Waals surface area contributed by atoms with E-state index < -0.39 is 23.3 Å². The minimum absolute atomic E-state index is 0.00321. The lowest BCUT2D eigenvalue weighted by molar-refractivity contribution is -0.142. The van der Waals surface area contributed by atoms with Gasteiger partial charge in [-0.3, -0.25) is 14.2 Å². The second kappa shape index (κ2) is 6.37. The molecule has 1 aromatic carbocycles. The molecule has 3 unspecified atom stereocenters. The Morgan fingerprint density at radius 2 is 2.04 bits per heavy atom. The van der Waals surface area contributed by atoms with Gasteiger partial charge in [-0.05, 0) is 49.8 Å². The molecule has 8 heteroatoms. The van der Waals surface area contributed by atoms with Crippen LogP contribution in [0.1, 0.15) is 36.5 Å². The molecule has 2 fully saturated rings. The van der Waals surface area contributed by atoms with Crippen LogP contribution in [0.4, 0.5) is 0 Å². The number of carbonyl (C=O) groups is 2. The van der Waals surface area contributed by atoms with E-state index in [0.29, 0.717) is 11.9 Å². The number of rotatable bonds is 3. The Kier molecular flexibility index (Phi) is 4.13. The number of nitrogens with one attached hydrogen (secondary N) is 1. The molecule has 1 saturated carbocycles. The van der Waals surface area contributed by atoms with Crippen molar-refractivity contribution in [2.75, 3.05) is 6.54 Å². The number of aromatic nitrogens is 2. The number of aromatic amines is 1. The number of hydrogen-bond donors (Lipinski definition) is 2. The molecule has 2 aliphatic rings. The Morgan fingerprint density at radius 1 is 1.26 bits per heavy atom. The molecule has 1 aliphatic heterocycles. The maximum absolute atomic E-state index is 13.0. The summed E-state index contributed by atoms with van der Waals surface area (Å²) in [6.45, 7) is 2.39. The molecule has 0 spiro atoms. The van der Waals surface area contributed by atoms with Gasteiger partial charge in [0, 0.05) is 18.7 Å². The molecule has 1 saturated heterocycles. The predicted octanol–water partition coefficient (Wildman–Crippen LogP) is 1.03. The number of hydrogen-bond acceptors (Lipinski definition) is 4. The van der Waals surface area contributed by atoms with Crippen molar-refractivity contribution in [3.63, 3.8) is 0 Å². The average molecular weight is 371 g/mol. The Morgan fingerprint density at radius 3 is 2.74 bits per heavy atom.